The summed E-state index contributed by atoms with van der Waals surface area (Å²) in [6.07, 6.45) is 1.00. The Balaban J connectivity index is 1.62. The SMILES string of the molecule is Cc1ccc(SCCCNC(=S)Nc2cccc(F)c2)cc1. The average molecular weight is 334 g/mol. The van der Waals surface area contributed by atoms with E-state index in [1.54, 1.807) is 12.1 Å². The minimum absolute atomic E-state index is 0.276. The Kier molecular flexibility index (Phi) is 6.68. The van der Waals surface area contributed by atoms with E-state index in [9.17, 15) is 4.39 Å². The van der Waals surface area contributed by atoms with Crippen LogP contribution >= 0.6 is 24.0 Å². The molecule has 0 fully saturated rings. The van der Waals surface area contributed by atoms with Gasteiger partial charge in [0, 0.05) is 17.1 Å². The summed E-state index contributed by atoms with van der Waals surface area (Å²) in [6, 6.07) is 14.8. The monoisotopic (exact) mass is 334 g/mol. The van der Waals surface area contributed by atoms with Gasteiger partial charge >= 0.3 is 0 Å². The second-order valence-electron chi connectivity index (χ2n) is 4.91. The zero-order chi connectivity index (χ0) is 15.8. The molecule has 0 spiro atoms. The van der Waals surface area contributed by atoms with Gasteiger partial charge in [0.2, 0.25) is 0 Å². The smallest absolute Gasteiger partial charge is 0.170 e. The molecule has 0 saturated carbocycles. The van der Waals surface area contributed by atoms with Gasteiger partial charge in [-0.05, 0) is 61.6 Å². The lowest BCUT2D eigenvalue weighted by Crippen LogP contribution is -2.29. The van der Waals surface area contributed by atoms with Crippen LogP contribution in [0.2, 0.25) is 0 Å². The average Bonchev–Trinajstić information content (AvgIpc) is 2.49. The second kappa shape index (κ2) is 8.76. The van der Waals surface area contributed by atoms with E-state index in [4.69, 9.17) is 12.2 Å². The van der Waals surface area contributed by atoms with Crippen LogP contribution in [0.4, 0.5) is 10.1 Å². The number of thiocarbonyl (C=S) groups is 1. The van der Waals surface area contributed by atoms with Gasteiger partial charge in [-0.3, -0.25) is 0 Å². The van der Waals surface area contributed by atoms with E-state index in [1.165, 1.54) is 22.6 Å². The molecule has 0 aliphatic carbocycles. The van der Waals surface area contributed by atoms with Gasteiger partial charge in [0.1, 0.15) is 5.82 Å². The highest BCUT2D eigenvalue weighted by Crippen LogP contribution is 2.18. The van der Waals surface area contributed by atoms with Crippen LogP contribution in [0.1, 0.15) is 12.0 Å². The Morgan fingerprint density at radius 2 is 1.95 bits per heavy atom. The molecule has 0 aliphatic heterocycles. The van der Waals surface area contributed by atoms with Gasteiger partial charge in [-0.1, -0.05) is 23.8 Å². The summed E-state index contributed by atoms with van der Waals surface area (Å²) < 4.78 is 13.0. The van der Waals surface area contributed by atoms with Crippen LogP contribution in [-0.2, 0) is 0 Å². The first kappa shape index (κ1) is 16.8. The first-order valence-electron chi connectivity index (χ1n) is 7.13. The van der Waals surface area contributed by atoms with Crippen molar-refractivity contribution in [2.75, 3.05) is 17.6 Å². The summed E-state index contributed by atoms with van der Waals surface area (Å²) in [5.74, 6) is 0.751. The fourth-order valence-electron chi connectivity index (χ4n) is 1.84. The van der Waals surface area contributed by atoms with Gasteiger partial charge in [-0.2, -0.15) is 0 Å². The summed E-state index contributed by atoms with van der Waals surface area (Å²) in [7, 11) is 0. The number of thioether (sulfide) groups is 1. The van der Waals surface area contributed by atoms with Gasteiger partial charge in [-0.15, -0.1) is 11.8 Å². The van der Waals surface area contributed by atoms with Gasteiger partial charge in [0.25, 0.3) is 0 Å². The van der Waals surface area contributed by atoms with Crippen LogP contribution in [-0.4, -0.2) is 17.4 Å². The van der Waals surface area contributed by atoms with E-state index in [-0.39, 0.29) is 5.82 Å². The number of hydrogen-bond acceptors (Lipinski definition) is 2. The zero-order valence-corrected chi connectivity index (χ0v) is 14.1. The first-order valence-corrected chi connectivity index (χ1v) is 8.53. The lowest BCUT2D eigenvalue weighted by Gasteiger charge is -2.10. The molecule has 22 heavy (non-hydrogen) atoms. The third kappa shape index (κ3) is 6.03. The third-order valence-corrected chi connectivity index (χ3v) is 4.32. The molecule has 0 unspecified atom stereocenters. The van der Waals surface area contributed by atoms with E-state index >= 15 is 0 Å². The second-order valence-corrected chi connectivity index (χ2v) is 6.48. The molecule has 0 saturated heterocycles. The highest BCUT2D eigenvalue weighted by Gasteiger charge is 1.99. The van der Waals surface area contributed by atoms with Crippen molar-refractivity contribution in [3.8, 4) is 0 Å². The van der Waals surface area contributed by atoms with Crippen molar-refractivity contribution in [1.29, 1.82) is 0 Å². The third-order valence-electron chi connectivity index (χ3n) is 2.98. The van der Waals surface area contributed by atoms with Crippen LogP contribution < -0.4 is 10.6 Å². The van der Waals surface area contributed by atoms with Crippen molar-refractivity contribution in [3.63, 3.8) is 0 Å². The fraction of sp³-hybridized carbons (Fsp3) is 0.235. The quantitative estimate of drug-likeness (QED) is 0.458. The lowest BCUT2D eigenvalue weighted by atomic mass is 10.2. The number of halogens is 1. The lowest BCUT2D eigenvalue weighted by molar-refractivity contribution is 0.628. The van der Waals surface area contributed by atoms with Crippen molar-refractivity contribution in [2.45, 2.75) is 18.2 Å². The molecule has 0 amide bonds. The Hall–Kier alpha value is -1.59. The molecular weight excluding hydrogens is 315 g/mol. The molecule has 0 aliphatic rings. The van der Waals surface area contributed by atoms with Crippen molar-refractivity contribution in [2.24, 2.45) is 0 Å². The van der Waals surface area contributed by atoms with Gasteiger partial charge in [0.05, 0.1) is 0 Å². The molecule has 2 aromatic carbocycles. The molecule has 0 bridgehead atoms. The Morgan fingerprint density at radius 3 is 2.68 bits per heavy atom. The number of aryl methyl sites for hydroxylation is 1. The number of rotatable bonds is 6. The Bertz CT molecular complexity index is 614. The summed E-state index contributed by atoms with van der Waals surface area (Å²) in [4.78, 5) is 1.28. The molecule has 2 aromatic rings. The van der Waals surface area contributed by atoms with Crippen LogP contribution in [0.5, 0.6) is 0 Å². The minimum Gasteiger partial charge on any atom is -0.362 e. The van der Waals surface area contributed by atoms with Gasteiger partial charge < -0.3 is 10.6 Å². The van der Waals surface area contributed by atoms with Crippen LogP contribution in [0, 0.1) is 12.7 Å². The molecule has 2 N–H and O–H groups in total. The van der Waals surface area contributed by atoms with E-state index in [0.29, 0.717) is 10.8 Å². The molecule has 0 aromatic heterocycles. The van der Waals surface area contributed by atoms with E-state index in [0.717, 1.165) is 18.7 Å². The summed E-state index contributed by atoms with van der Waals surface area (Å²) >= 11 is 7.02. The maximum Gasteiger partial charge on any atom is 0.170 e. The van der Waals surface area contributed by atoms with Crippen molar-refractivity contribution >= 4 is 34.8 Å². The normalized spacial score (nSPS) is 10.3. The molecule has 5 heteroatoms. The number of hydrogen-bond donors (Lipinski definition) is 2. The predicted octanol–water partition coefficient (Wildman–Crippen LogP) is 4.60. The van der Waals surface area contributed by atoms with Crippen LogP contribution in [0.25, 0.3) is 0 Å². The summed E-state index contributed by atoms with van der Waals surface area (Å²) in [5, 5.41) is 6.62. The van der Waals surface area contributed by atoms with E-state index in [1.807, 2.05) is 11.8 Å². The van der Waals surface area contributed by atoms with Crippen LogP contribution in [0.3, 0.4) is 0 Å². The topological polar surface area (TPSA) is 24.1 Å². The minimum atomic E-state index is -0.276. The molecular formula is C17H19FN2S2. The fourth-order valence-corrected chi connectivity index (χ4v) is 2.91. The Morgan fingerprint density at radius 1 is 1.18 bits per heavy atom. The maximum atomic E-state index is 13.0. The van der Waals surface area contributed by atoms with Crippen molar-refractivity contribution < 1.29 is 4.39 Å². The molecule has 0 atom stereocenters. The van der Waals surface area contributed by atoms with Gasteiger partial charge in [0.15, 0.2) is 5.11 Å². The summed E-state index contributed by atoms with van der Waals surface area (Å²) in [5.41, 5.74) is 1.94. The molecule has 0 heterocycles. The first-order chi connectivity index (χ1) is 10.6. The molecule has 0 radical (unpaired) electrons. The molecule has 116 valence electrons. The molecule has 2 nitrogen and oxygen atoms in total. The maximum absolute atomic E-state index is 13.0. The summed E-state index contributed by atoms with van der Waals surface area (Å²) in [6.45, 7) is 2.88. The highest BCUT2D eigenvalue weighted by molar-refractivity contribution is 7.99. The van der Waals surface area contributed by atoms with Crippen molar-refractivity contribution in [3.05, 3.63) is 59.9 Å². The number of nitrogens with one attached hydrogen (secondary N) is 2. The van der Waals surface area contributed by atoms with Crippen LogP contribution in [0.15, 0.2) is 53.4 Å². The van der Waals surface area contributed by atoms with Crippen molar-refractivity contribution in [1.82, 2.24) is 5.32 Å². The largest absolute Gasteiger partial charge is 0.362 e. The highest BCUT2D eigenvalue weighted by atomic mass is 32.2. The molecule has 2 rings (SSSR count). The van der Waals surface area contributed by atoms with E-state index in [2.05, 4.69) is 41.8 Å². The zero-order valence-electron chi connectivity index (χ0n) is 12.4. The predicted molar refractivity (Wildman–Crippen MR) is 97.1 cm³/mol. The number of benzene rings is 2. The Labute approximate surface area is 140 Å². The number of anilines is 1. The standard InChI is InChI=1S/C17H19FN2S2/c1-13-6-8-16(9-7-13)22-11-3-10-19-17(21)20-15-5-2-4-14(18)12-15/h2,4-9,12H,3,10-11H2,1H3,(H2,19,20,21). The van der Waals surface area contributed by atoms with E-state index < -0.39 is 0 Å². The van der Waals surface area contributed by atoms with Gasteiger partial charge in [-0.25, -0.2) is 4.39 Å².